The number of benzene rings is 2. The molecule has 0 saturated carbocycles. The van der Waals surface area contributed by atoms with E-state index in [0.29, 0.717) is 29.8 Å². The number of quaternary nitrogens is 1. The molecule has 3 unspecified atom stereocenters. The smallest absolute Gasteiger partial charge is 0.161 e. The van der Waals surface area contributed by atoms with E-state index in [-0.39, 0.29) is 49.3 Å². The number of carbonyl (C=O) groups excluding carboxylic acids is 2. The Bertz CT molecular complexity index is 1470. The van der Waals surface area contributed by atoms with E-state index < -0.39 is 0 Å². The van der Waals surface area contributed by atoms with Gasteiger partial charge in [0.1, 0.15) is 11.6 Å². The van der Waals surface area contributed by atoms with Crippen LogP contribution in [0.2, 0.25) is 0 Å². The van der Waals surface area contributed by atoms with Gasteiger partial charge in [0, 0.05) is 44.2 Å². The number of nitrogens with zero attached hydrogens (tertiary/aromatic N) is 3. The number of halogens is 1. The van der Waals surface area contributed by atoms with Crippen LogP contribution in [0.1, 0.15) is 89.6 Å². The third kappa shape index (κ3) is 13.6. The quantitative estimate of drug-likeness (QED) is 0.244. The van der Waals surface area contributed by atoms with Crippen LogP contribution in [0.15, 0.2) is 29.3 Å². The van der Waals surface area contributed by atoms with Gasteiger partial charge in [-0.2, -0.15) is 0 Å². The summed E-state index contributed by atoms with van der Waals surface area (Å²) >= 11 is 0. The highest BCUT2D eigenvalue weighted by atomic mass is 127. The van der Waals surface area contributed by atoms with Crippen LogP contribution in [0.5, 0.6) is 23.0 Å². The lowest BCUT2D eigenvalue weighted by atomic mass is 9.80. The number of aliphatic imine (C=N–C) groups is 1. The van der Waals surface area contributed by atoms with Crippen molar-refractivity contribution in [2.45, 2.75) is 80.2 Å². The van der Waals surface area contributed by atoms with Gasteiger partial charge in [-0.25, -0.2) is 0 Å². The Morgan fingerprint density at radius 2 is 1.42 bits per heavy atom. The molecule has 0 bridgehead atoms. The number of rotatable bonds is 11. The highest BCUT2D eigenvalue weighted by molar-refractivity contribution is 5.84. The number of piperidine rings is 1. The summed E-state index contributed by atoms with van der Waals surface area (Å²) < 4.78 is 22.2. The molecule has 5 rings (SSSR count). The minimum Gasteiger partial charge on any atom is -1.00 e. The molecule has 3 atom stereocenters. The number of Topliss-reactive ketones (excluding diaryl/α,β-unsaturated/α-hetero) is 2. The van der Waals surface area contributed by atoms with Crippen LogP contribution in [0.3, 0.4) is 0 Å². The Morgan fingerprint density at radius 3 is 1.94 bits per heavy atom. The molecule has 1 fully saturated rings. The number of ketones is 2. The van der Waals surface area contributed by atoms with Crippen LogP contribution >= 0.6 is 0 Å². The molecule has 2 aromatic rings. The fourth-order valence-electron chi connectivity index (χ4n) is 7.28. The molecule has 0 amide bonds. The van der Waals surface area contributed by atoms with Crippen molar-refractivity contribution in [1.29, 1.82) is 0 Å². The van der Waals surface area contributed by atoms with Crippen molar-refractivity contribution in [2.75, 3.05) is 75.8 Å². The van der Waals surface area contributed by atoms with E-state index in [4.69, 9.17) is 18.9 Å². The summed E-state index contributed by atoms with van der Waals surface area (Å²) in [4.78, 5) is 30.7. The molecule has 3 aliphatic heterocycles. The second-order valence-corrected chi connectivity index (χ2v) is 15.8. The Labute approximate surface area is 332 Å². The third-order valence-corrected chi connectivity index (χ3v) is 9.66. The molecule has 3 aliphatic rings. The van der Waals surface area contributed by atoms with E-state index in [0.717, 1.165) is 84.9 Å². The van der Waals surface area contributed by atoms with Crippen molar-refractivity contribution in [3.05, 3.63) is 46.5 Å². The average Bonchev–Trinajstić information content (AvgIpc) is 3.06. The minimum atomic E-state index is 0. The number of hydrogen-bond donors (Lipinski definition) is 0. The summed E-state index contributed by atoms with van der Waals surface area (Å²) in [5.74, 6) is 5.46. The van der Waals surface area contributed by atoms with Gasteiger partial charge < -0.3 is 47.4 Å². The van der Waals surface area contributed by atoms with E-state index in [2.05, 4.69) is 70.9 Å². The zero-order valence-corrected chi connectivity index (χ0v) is 35.5. The molecule has 2 aromatic carbocycles. The molecule has 0 aliphatic carbocycles. The van der Waals surface area contributed by atoms with Crippen LogP contribution in [0.4, 0.5) is 0 Å². The largest absolute Gasteiger partial charge is 1.00 e. The highest BCUT2D eigenvalue weighted by Crippen LogP contribution is 2.42. The monoisotopic (exact) mass is 837 g/mol. The maximum absolute atomic E-state index is 12.6. The lowest BCUT2D eigenvalue weighted by Gasteiger charge is -2.43. The Balaban J connectivity index is 0.000000407. The predicted molar refractivity (Wildman–Crippen MR) is 209 cm³/mol. The maximum atomic E-state index is 12.6. The number of methoxy groups -OCH3 is 4. The third-order valence-electron chi connectivity index (χ3n) is 9.66. The summed E-state index contributed by atoms with van der Waals surface area (Å²) in [6.45, 7) is 14.2. The van der Waals surface area contributed by atoms with E-state index in [9.17, 15) is 9.59 Å². The SMILES string of the molecule is C.CC(=O)C(CC(C)C)C[N+](C)(C)C.COc1cc2c(cc1OC)C1CC(=O)C(CC(C)C)CN1CC2.COc1cc2c(cc1OC)CCN=C2.[I-]. The molecule has 9 nitrogen and oxygen atoms in total. The number of hydrogen-bond acceptors (Lipinski definition) is 8. The van der Waals surface area contributed by atoms with Gasteiger partial charge in [0.15, 0.2) is 23.0 Å². The molecule has 0 aromatic heterocycles. The van der Waals surface area contributed by atoms with Crippen molar-refractivity contribution >= 4 is 17.8 Å². The van der Waals surface area contributed by atoms with Gasteiger partial charge >= 0.3 is 0 Å². The second kappa shape index (κ2) is 21.9. The summed E-state index contributed by atoms with van der Waals surface area (Å²) in [6, 6.07) is 8.35. The fraction of sp³-hybridized carbons (Fsp3) is 0.643. The minimum absolute atomic E-state index is 0. The number of ether oxygens (including phenoxy) is 4. The zero-order chi connectivity index (χ0) is 37.2. The van der Waals surface area contributed by atoms with Gasteiger partial charge in [0.2, 0.25) is 0 Å². The number of fused-ring (bicyclic) bond motifs is 4. The van der Waals surface area contributed by atoms with E-state index in [1.165, 1.54) is 16.7 Å². The lowest BCUT2D eigenvalue weighted by Crippen LogP contribution is -3.00. The van der Waals surface area contributed by atoms with E-state index in [1.807, 2.05) is 18.3 Å². The van der Waals surface area contributed by atoms with Gasteiger partial charge in [-0.05, 0) is 91.0 Å². The van der Waals surface area contributed by atoms with Crippen molar-refractivity contribution < 1.29 is 57.0 Å². The van der Waals surface area contributed by atoms with Crippen molar-refractivity contribution in [1.82, 2.24) is 4.90 Å². The van der Waals surface area contributed by atoms with Crippen molar-refractivity contribution in [3.63, 3.8) is 0 Å². The van der Waals surface area contributed by atoms with Crippen molar-refractivity contribution in [2.24, 2.45) is 28.7 Å². The molecule has 0 spiro atoms. The Kier molecular flexibility index (Phi) is 19.9. The molecule has 52 heavy (non-hydrogen) atoms. The molecular weight excluding hydrogens is 769 g/mol. The maximum Gasteiger partial charge on any atom is 0.161 e. The van der Waals surface area contributed by atoms with Gasteiger partial charge in [-0.15, -0.1) is 0 Å². The molecule has 0 radical (unpaired) electrons. The molecule has 0 N–H and O–H groups in total. The summed E-state index contributed by atoms with van der Waals surface area (Å²) in [7, 11) is 13.0. The first-order valence-corrected chi connectivity index (χ1v) is 18.2. The topological polar surface area (TPSA) is 86.7 Å². The normalized spacial score (nSPS) is 18.1. The van der Waals surface area contributed by atoms with E-state index in [1.54, 1.807) is 35.4 Å². The first-order chi connectivity index (χ1) is 23.6. The fourth-order valence-corrected chi connectivity index (χ4v) is 7.28. The first kappa shape index (κ1) is 47.3. The summed E-state index contributed by atoms with van der Waals surface area (Å²) in [5.41, 5.74) is 4.94. The first-order valence-electron chi connectivity index (χ1n) is 18.2. The van der Waals surface area contributed by atoms with Crippen LogP contribution < -0.4 is 42.9 Å². The second-order valence-electron chi connectivity index (χ2n) is 15.8. The lowest BCUT2D eigenvalue weighted by molar-refractivity contribution is -0.872. The average molecular weight is 838 g/mol. The standard InChI is InChI=1S/C19H27NO3.C11H13NO2.C11H24NO.CH4.HI/c1-12(2)7-14-11-20-6-5-13-8-18(22-3)19(23-4)9-15(13)16(20)10-17(14)21;1-13-10-5-8-3-4-12-7-9(8)6-11(10)14-2;1-9(2)7-11(10(3)13)8-12(4,5)6;;/h8-9,12,14,16H,5-7,10-11H2,1-4H3;5-7H,3-4H2,1-2H3;9,11H,7-8H2,1-6H3;1H4;1H/q;;+1;;/p-1. The van der Waals surface area contributed by atoms with Crippen LogP contribution in [0.25, 0.3) is 0 Å². The molecule has 1 saturated heterocycles. The molecular formula is C42H68IN3O6. The van der Waals surface area contributed by atoms with Gasteiger partial charge in [0.05, 0.1) is 62.0 Å². The van der Waals surface area contributed by atoms with Crippen LogP contribution in [-0.4, -0.2) is 103 Å². The summed E-state index contributed by atoms with van der Waals surface area (Å²) in [6.07, 6.45) is 6.52. The van der Waals surface area contributed by atoms with Gasteiger partial charge in [0.25, 0.3) is 0 Å². The Hall–Kier alpha value is -2.70. The molecule has 294 valence electrons. The Morgan fingerprint density at radius 1 is 0.865 bits per heavy atom. The van der Waals surface area contributed by atoms with Gasteiger partial charge in [-0.3, -0.25) is 19.5 Å². The van der Waals surface area contributed by atoms with Gasteiger partial charge in [-0.1, -0.05) is 35.1 Å². The van der Waals surface area contributed by atoms with Crippen LogP contribution in [0, 0.1) is 23.7 Å². The number of carbonyl (C=O) groups is 2. The molecule has 10 heteroatoms. The summed E-state index contributed by atoms with van der Waals surface area (Å²) in [5, 5.41) is 0. The van der Waals surface area contributed by atoms with Crippen molar-refractivity contribution in [3.8, 4) is 23.0 Å². The van der Waals surface area contributed by atoms with E-state index >= 15 is 0 Å². The van der Waals surface area contributed by atoms with Crippen LogP contribution in [-0.2, 0) is 22.4 Å². The molecule has 3 heterocycles. The highest BCUT2D eigenvalue weighted by Gasteiger charge is 2.38. The zero-order valence-electron chi connectivity index (χ0n) is 33.3. The predicted octanol–water partition coefficient (Wildman–Crippen LogP) is 4.50.